The van der Waals surface area contributed by atoms with Crippen LogP contribution in [0.2, 0.25) is 0 Å². The fourth-order valence-corrected chi connectivity index (χ4v) is 4.57. The number of nitriles is 1. The summed E-state index contributed by atoms with van der Waals surface area (Å²) in [6.45, 7) is 3.93. The average Bonchev–Trinajstić information content (AvgIpc) is 2.62. The SMILES string of the molecule is CCN1C(=O)CC(C)c2cc(NS(=O)(=O)Cc3ccc(C#N)cc3)cc(F)c21. The lowest BCUT2D eigenvalue weighted by Gasteiger charge is -2.32. The van der Waals surface area contributed by atoms with Crippen molar-refractivity contribution in [3.05, 3.63) is 58.9 Å². The van der Waals surface area contributed by atoms with E-state index in [9.17, 15) is 17.6 Å². The van der Waals surface area contributed by atoms with Gasteiger partial charge in [-0.2, -0.15) is 5.26 Å². The molecule has 1 heterocycles. The van der Waals surface area contributed by atoms with Crippen LogP contribution in [0.3, 0.4) is 0 Å². The zero-order valence-electron chi connectivity index (χ0n) is 15.6. The maximum atomic E-state index is 14.7. The smallest absolute Gasteiger partial charge is 0.236 e. The van der Waals surface area contributed by atoms with Crippen LogP contribution < -0.4 is 9.62 Å². The molecule has 0 radical (unpaired) electrons. The highest BCUT2D eigenvalue weighted by Crippen LogP contribution is 2.39. The topological polar surface area (TPSA) is 90.3 Å². The number of halogens is 1. The molecule has 0 bridgehead atoms. The van der Waals surface area contributed by atoms with Gasteiger partial charge in [-0.25, -0.2) is 12.8 Å². The van der Waals surface area contributed by atoms with E-state index in [2.05, 4.69) is 4.72 Å². The molecule has 0 spiro atoms. The van der Waals surface area contributed by atoms with E-state index in [4.69, 9.17) is 5.26 Å². The number of carbonyl (C=O) groups excluding carboxylic acids is 1. The van der Waals surface area contributed by atoms with Crippen LogP contribution in [0.5, 0.6) is 0 Å². The number of fused-ring (bicyclic) bond motifs is 1. The molecule has 6 nitrogen and oxygen atoms in total. The standard InChI is InChI=1S/C20H20FN3O3S/c1-3-24-19(25)8-13(2)17-9-16(10-18(21)20(17)24)23-28(26,27)12-15-6-4-14(11-22)5-7-15/h4-7,9-10,13,23H,3,8,12H2,1-2H3. The summed E-state index contributed by atoms with van der Waals surface area (Å²) in [4.78, 5) is 13.5. The summed E-state index contributed by atoms with van der Waals surface area (Å²) in [5.74, 6) is -1.28. The van der Waals surface area contributed by atoms with Gasteiger partial charge in [0.1, 0.15) is 5.82 Å². The summed E-state index contributed by atoms with van der Waals surface area (Å²) in [6, 6.07) is 10.9. The normalized spacial score (nSPS) is 16.4. The first-order valence-electron chi connectivity index (χ1n) is 8.87. The van der Waals surface area contributed by atoms with Crippen molar-refractivity contribution in [2.24, 2.45) is 0 Å². The third-order valence-corrected chi connectivity index (χ3v) is 5.96. The van der Waals surface area contributed by atoms with Crippen molar-refractivity contribution >= 4 is 27.3 Å². The number of amides is 1. The van der Waals surface area contributed by atoms with Crippen LogP contribution in [-0.4, -0.2) is 20.9 Å². The minimum Gasteiger partial charge on any atom is -0.310 e. The van der Waals surface area contributed by atoms with Crippen molar-refractivity contribution in [3.63, 3.8) is 0 Å². The highest BCUT2D eigenvalue weighted by molar-refractivity contribution is 7.91. The lowest BCUT2D eigenvalue weighted by atomic mass is 9.90. The van der Waals surface area contributed by atoms with E-state index in [1.165, 1.54) is 4.90 Å². The van der Waals surface area contributed by atoms with Gasteiger partial charge in [0.15, 0.2) is 0 Å². The second-order valence-electron chi connectivity index (χ2n) is 6.81. The molecule has 8 heteroatoms. The van der Waals surface area contributed by atoms with Gasteiger partial charge in [0.2, 0.25) is 15.9 Å². The van der Waals surface area contributed by atoms with Crippen LogP contribution in [0, 0.1) is 17.1 Å². The second kappa shape index (κ2) is 7.60. The van der Waals surface area contributed by atoms with Gasteiger partial charge in [-0.05, 0) is 42.2 Å². The molecule has 146 valence electrons. The lowest BCUT2D eigenvalue weighted by Crippen LogP contribution is -2.36. The van der Waals surface area contributed by atoms with E-state index in [0.717, 1.165) is 6.07 Å². The fourth-order valence-electron chi connectivity index (χ4n) is 3.39. The number of nitrogens with zero attached hydrogens (tertiary/aromatic N) is 2. The van der Waals surface area contributed by atoms with E-state index >= 15 is 0 Å². The minimum absolute atomic E-state index is 0.127. The number of hydrogen-bond acceptors (Lipinski definition) is 4. The maximum absolute atomic E-state index is 14.7. The highest BCUT2D eigenvalue weighted by Gasteiger charge is 2.31. The van der Waals surface area contributed by atoms with Crippen molar-refractivity contribution in [1.82, 2.24) is 0 Å². The van der Waals surface area contributed by atoms with E-state index in [-0.39, 0.29) is 35.4 Å². The molecule has 1 aliphatic heterocycles. The zero-order valence-corrected chi connectivity index (χ0v) is 16.4. The fraction of sp³-hybridized carbons (Fsp3) is 0.300. The Hall–Kier alpha value is -2.92. The van der Waals surface area contributed by atoms with Gasteiger partial charge in [-0.3, -0.25) is 9.52 Å². The van der Waals surface area contributed by atoms with Gasteiger partial charge in [0.25, 0.3) is 0 Å². The van der Waals surface area contributed by atoms with Crippen molar-refractivity contribution in [2.45, 2.75) is 31.9 Å². The van der Waals surface area contributed by atoms with Gasteiger partial charge in [-0.15, -0.1) is 0 Å². The lowest BCUT2D eigenvalue weighted by molar-refractivity contribution is -0.119. The predicted octanol–water partition coefficient (Wildman–Crippen LogP) is 3.50. The van der Waals surface area contributed by atoms with E-state index in [0.29, 0.717) is 23.2 Å². The van der Waals surface area contributed by atoms with Crippen LogP contribution in [0.4, 0.5) is 15.8 Å². The van der Waals surface area contributed by atoms with E-state index < -0.39 is 15.8 Å². The quantitative estimate of drug-likeness (QED) is 0.830. The largest absolute Gasteiger partial charge is 0.310 e. The summed E-state index contributed by atoms with van der Waals surface area (Å²) in [6.07, 6.45) is 0.252. The van der Waals surface area contributed by atoms with Crippen LogP contribution in [-0.2, 0) is 20.6 Å². The molecule has 1 N–H and O–H groups in total. The molecule has 0 aliphatic carbocycles. The van der Waals surface area contributed by atoms with Gasteiger partial charge >= 0.3 is 0 Å². The number of sulfonamides is 1. The monoisotopic (exact) mass is 401 g/mol. The maximum Gasteiger partial charge on any atom is 0.236 e. The van der Waals surface area contributed by atoms with Crippen LogP contribution in [0.15, 0.2) is 36.4 Å². The van der Waals surface area contributed by atoms with E-state index in [1.807, 2.05) is 13.0 Å². The number of hydrogen-bond donors (Lipinski definition) is 1. The molecular formula is C20H20FN3O3S. The molecule has 0 saturated carbocycles. The Bertz CT molecular complexity index is 1060. The summed E-state index contributed by atoms with van der Waals surface area (Å²) in [5.41, 5.74) is 1.91. The third kappa shape index (κ3) is 3.99. The Morgan fingerprint density at radius 3 is 2.57 bits per heavy atom. The highest BCUT2D eigenvalue weighted by atomic mass is 32.2. The Morgan fingerprint density at radius 2 is 1.96 bits per heavy atom. The second-order valence-corrected chi connectivity index (χ2v) is 8.53. The van der Waals surface area contributed by atoms with Crippen molar-refractivity contribution in [2.75, 3.05) is 16.2 Å². The van der Waals surface area contributed by atoms with Crippen LogP contribution >= 0.6 is 0 Å². The van der Waals surface area contributed by atoms with Gasteiger partial charge < -0.3 is 4.90 Å². The van der Waals surface area contributed by atoms with Crippen molar-refractivity contribution in [3.8, 4) is 6.07 Å². The molecule has 2 aromatic carbocycles. The van der Waals surface area contributed by atoms with Gasteiger partial charge in [0.05, 0.1) is 28.8 Å². The molecule has 0 saturated heterocycles. The summed E-state index contributed by atoms with van der Waals surface area (Å²) in [5, 5.41) is 8.81. The van der Waals surface area contributed by atoms with Crippen LogP contribution in [0.1, 0.15) is 42.9 Å². The molecule has 2 aromatic rings. The Labute approximate surface area is 163 Å². The molecule has 1 amide bonds. The van der Waals surface area contributed by atoms with Gasteiger partial charge in [0, 0.05) is 19.0 Å². The van der Waals surface area contributed by atoms with Crippen molar-refractivity contribution in [1.29, 1.82) is 5.26 Å². The Balaban J connectivity index is 1.88. The van der Waals surface area contributed by atoms with Crippen LogP contribution in [0.25, 0.3) is 0 Å². The Morgan fingerprint density at radius 1 is 1.29 bits per heavy atom. The number of benzene rings is 2. The predicted molar refractivity (Wildman–Crippen MR) is 105 cm³/mol. The number of rotatable bonds is 5. The first-order chi connectivity index (χ1) is 13.2. The number of anilines is 2. The molecule has 1 unspecified atom stereocenters. The summed E-state index contributed by atoms with van der Waals surface area (Å²) in [7, 11) is -3.78. The van der Waals surface area contributed by atoms with E-state index in [1.54, 1.807) is 37.3 Å². The first kappa shape index (κ1) is 19.8. The molecule has 28 heavy (non-hydrogen) atoms. The number of nitrogens with one attached hydrogen (secondary N) is 1. The molecule has 0 fully saturated rings. The van der Waals surface area contributed by atoms with Gasteiger partial charge in [-0.1, -0.05) is 19.1 Å². The molecule has 1 atom stereocenters. The molecule has 0 aromatic heterocycles. The zero-order chi connectivity index (χ0) is 20.5. The summed E-state index contributed by atoms with van der Waals surface area (Å²) >= 11 is 0. The first-order valence-corrected chi connectivity index (χ1v) is 10.5. The molecule has 3 rings (SSSR count). The summed E-state index contributed by atoms with van der Waals surface area (Å²) < 4.78 is 42.1. The molecular weight excluding hydrogens is 381 g/mol. The Kier molecular flexibility index (Phi) is 5.38. The van der Waals surface area contributed by atoms with Crippen molar-refractivity contribution < 1.29 is 17.6 Å². The number of carbonyl (C=O) groups is 1. The molecule has 1 aliphatic rings. The minimum atomic E-state index is -3.78. The average molecular weight is 401 g/mol. The third-order valence-electron chi connectivity index (χ3n) is 4.70.